The Kier molecular flexibility index (Phi) is 4.96. The lowest BCUT2D eigenvalue weighted by atomic mass is 9.88. The van der Waals surface area contributed by atoms with Crippen molar-refractivity contribution in [3.8, 4) is 0 Å². The van der Waals surface area contributed by atoms with Crippen molar-refractivity contribution in [3.63, 3.8) is 0 Å². The van der Waals surface area contributed by atoms with Crippen LogP contribution in [0.3, 0.4) is 0 Å². The number of hydrogen-bond donors (Lipinski definition) is 2. The topological polar surface area (TPSA) is 66.4 Å². The summed E-state index contributed by atoms with van der Waals surface area (Å²) in [5.41, 5.74) is 0.573. The van der Waals surface area contributed by atoms with E-state index in [1.807, 2.05) is 30.3 Å². The molecule has 0 unspecified atom stereocenters. The van der Waals surface area contributed by atoms with Crippen molar-refractivity contribution >= 4 is 16.1 Å². The maximum atomic E-state index is 11.9. The normalized spacial score (nSPS) is 18.6. The lowest BCUT2D eigenvalue weighted by molar-refractivity contribution is 0.134. The van der Waals surface area contributed by atoms with Crippen LogP contribution in [0.25, 0.3) is 6.08 Å². The molecule has 2 N–H and O–H groups in total. The maximum Gasteiger partial charge on any atom is 0.233 e. The summed E-state index contributed by atoms with van der Waals surface area (Å²) in [5, 5.41) is 10.7. The molecule has 4 nitrogen and oxygen atoms in total. The second-order valence-corrected chi connectivity index (χ2v) is 7.10. The van der Waals surface area contributed by atoms with Gasteiger partial charge in [0.05, 0.1) is 0 Å². The van der Waals surface area contributed by atoms with Gasteiger partial charge in [0, 0.05) is 24.0 Å². The molecule has 1 aliphatic rings. The molecule has 0 atom stereocenters. The van der Waals surface area contributed by atoms with Crippen molar-refractivity contribution < 1.29 is 13.5 Å². The highest BCUT2D eigenvalue weighted by Gasteiger charge is 2.33. The first kappa shape index (κ1) is 15.2. The molecule has 1 aliphatic carbocycles. The smallest absolute Gasteiger partial charge is 0.233 e. The standard InChI is InChI=1S/C15H21NO3S/c17-13-15(9-4-5-10-15)12-16-20(18,19)11-8-14-6-2-1-3-7-14/h1-3,6-8,11,16-17H,4-5,9-10,12-13H2/b11-8+. The largest absolute Gasteiger partial charge is 0.396 e. The molecule has 0 radical (unpaired) electrons. The summed E-state index contributed by atoms with van der Waals surface area (Å²) in [6, 6.07) is 9.30. The molecule has 5 heteroatoms. The van der Waals surface area contributed by atoms with E-state index in [2.05, 4.69) is 4.72 Å². The molecule has 0 saturated heterocycles. The van der Waals surface area contributed by atoms with Crippen molar-refractivity contribution in [1.82, 2.24) is 4.72 Å². The Morgan fingerprint density at radius 2 is 1.85 bits per heavy atom. The van der Waals surface area contributed by atoms with E-state index in [0.717, 1.165) is 31.2 Å². The molecular weight excluding hydrogens is 274 g/mol. The molecule has 1 aromatic carbocycles. The summed E-state index contributed by atoms with van der Waals surface area (Å²) < 4.78 is 26.5. The van der Waals surface area contributed by atoms with E-state index in [4.69, 9.17) is 0 Å². The van der Waals surface area contributed by atoms with Crippen LogP contribution >= 0.6 is 0 Å². The summed E-state index contributed by atoms with van der Waals surface area (Å²) in [6.07, 6.45) is 5.45. The molecule has 0 amide bonds. The van der Waals surface area contributed by atoms with Gasteiger partial charge in [-0.15, -0.1) is 0 Å². The van der Waals surface area contributed by atoms with Gasteiger partial charge in [0.2, 0.25) is 10.0 Å². The zero-order valence-electron chi connectivity index (χ0n) is 11.5. The average molecular weight is 295 g/mol. The van der Waals surface area contributed by atoms with E-state index in [1.54, 1.807) is 6.08 Å². The Labute approximate surface area is 120 Å². The van der Waals surface area contributed by atoms with Crippen molar-refractivity contribution in [1.29, 1.82) is 0 Å². The fourth-order valence-corrected chi connectivity index (χ4v) is 3.49. The van der Waals surface area contributed by atoms with E-state index >= 15 is 0 Å². The van der Waals surface area contributed by atoms with Crippen LogP contribution in [0.5, 0.6) is 0 Å². The molecular formula is C15H21NO3S. The molecule has 0 aliphatic heterocycles. The van der Waals surface area contributed by atoms with Crippen LogP contribution in [0.15, 0.2) is 35.7 Å². The van der Waals surface area contributed by atoms with E-state index < -0.39 is 10.0 Å². The second-order valence-electron chi connectivity index (χ2n) is 5.44. The molecule has 1 fully saturated rings. The highest BCUT2D eigenvalue weighted by atomic mass is 32.2. The Hall–Kier alpha value is -1.17. The van der Waals surface area contributed by atoms with Crippen LogP contribution in [0, 0.1) is 5.41 Å². The zero-order valence-corrected chi connectivity index (χ0v) is 12.3. The van der Waals surface area contributed by atoms with Gasteiger partial charge >= 0.3 is 0 Å². The van der Waals surface area contributed by atoms with Crippen molar-refractivity contribution in [2.75, 3.05) is 13.2 Å². The average Bonchev–Trinajstić information content (AvgIpc) is 2.94. The van der Waals surface area contributed by atoms with E-state index in [0.29, 0.717) is 6.54 Å². The summed E-state index contributed by atoms with van der Waals surface area (Å²) >= 11 is 0. The fourth-order valence-electron chi connectivity index (χ4n) is 2.55. The Morgan fingerprint density at radius 1 is 1.20 bits per heavy atom. The maximum absolute atomic E-state index is 11.9. The minimum absolute atomic E-state index is 0.0396. The third kappa shape index (κ3) is 4.16. The number of hydrogen-bond acceptors (Lipinski definition) is 3. The van der Waals surface area contributed by atoms with Crippen molar-refractivity contribution in [2.24, 2.45) is 5.41 Å². The van der Waals surface area contributed by atoms with Gasteiger partial charge < -0.3 is 5.11 Å². The lowest BCUT2D eigenvalue weighted by Gasteiger charge is -2.26. The zero-order chi connectivity index (χ0) is 14.5. The first-order valence-electron chi connectivity index (χ1n) is 6.89. The second kappa shape index (κ2) is 6.52. The molecule has 0 bridgehead atoms. The quantitative estimate of drug-likeness (QED) is 0.845. The third-order valence-corrected chi connectivity index (χ3v) is 4.93. The van der Waals surface area contributed by atoms with Gasteiger partial charge in [0.1, 0.15) is 0 Å². The number of benzene rings is 1. The number of aliphatic hydroxyl groups excluding tert-OH is 1. The molecule has 2 rings (SSSR count). The van der Waals surface area contributed by atoms with Crippen LogP contribution in [0.2, 0.25) is 0 Å². The minimum atomic E-state index is -3.46. The van der Waals surface area contributed by atoms with Crippen LogP contribution in [-0.2, 0) is 10.0 Å². The molecule has 110 valence electrons. The summed E-state index contributed by atoms with van der Waals surface area (Å²) in [7, 11) is -3.46. The molecule has 1 aromatic rings. The van der Waals surface area contributed by atoms with E-state index in [1.165, 1.54) is 5.41 Å². The fraction of sp³-hybridized carbons (Fsp3) is 0.467. The van der Waals surface area contributed by atoms with Gasteiger partial charge in [-0.1, -0.05) is 43.2 Å². The minimum Gasteiger partial charge on any atom is -0.396 e. The van der Waals surface area contributed by atoms with Gasteiger partial charge in [0.25, 0.3) is 0 Å². The number of nitrogens with one attached hydrogen (secondary N) is 1. The lowest BCUT2D eigenvalue weighted by Crippen LogP contribution is -2.37. The number of aliphatic hydroxyl groups is 1. The predicted molar refractivity (Wildman–Crippen MR) is 80.4 cm³/mol. The Bertz CT molecular complexity index is 546. The molecule has 0 spiro atoms. The van der Waals surface area contributed by atoms with Crippen LogP contribution in [0.1, 0.15) is 31.2 Å². The van der Waals surface area contributed by atoms with Gasteiger partial charge in [0.15, 0.2) is 0 Å². The molecule has 0 heterocycles. The molecule has 0 aromatic heterocycles. The molecule has 1 saturated carbocycles. The highest BCUT2D eigenvalue weighted by molar-refractivity contribution is 7.92. The van der Waals surface area contributed by atoms with Gasteiger partial charge in [-0.05, 0) is 24.5 Å². The summed E-state index contributed by atoms with van der Waals surface area (Å²) in [6.45, 7) is 0.350. The Morgan fingerprint density at radius 3 is 2.45 bits per heavy atom. The number of sulfonamides is 1. The first-order chi connectivity index (χ1) is 9.55. The van der Waals surface area contributed by atoms with Gasteiger partial charge in [-0.2, -0.15) is 0 Å². The SMILES string of the molecule is O=S(=O)(/C=C/c1ccccc1)NCC1(CO)CCCC1. The predicted octanol–water partition coefficient (Wildman–Crippen LogP) is 2.13. The third-order valence-electron chi connectivity index (χ3n) is 3.89. The van der Waals surface area contributed by atoms with E-state index in [-0.39, 0.29) is 12.0 Å². The summed E-state index contributed by atoms with van der Waals surface area (Å²) in [4.78, 5) is 0. The monoisotopic (exact) mass is 295 g/mol. The van der Waals surface area contributed by atoms with Crippen molar-refractivity contribution in [3.05, 3.63) is 41.3 Å². The van der Waals surface area contributed by atoms with Crippen LogP contribution < -0.4 is 4.72 Å². The first-order valence-corrected chi connectivity index (χ1v) is 8.44. The molecule has 20 heavy (non-hydrogen) atoms. The van der Waals surface area contributed by atoms with Crippen LogP contribution in [-0.4, -0.2) is 26.7 Å². The van der Waals surface area contributed by atoms with Crippen LogP contribution in [0.4, 0.5) is 0 Å². The van der Waals surface area contributed by atoms with Gasteiger partial charge in [-0.25, -0.2) is 13.1 Å². The van der Waals surface area contributed by atoms with E-state index in [9.17, 15) is 13.5 Å². The summed E-state index contributed by atoms with van der Waals surface area (Å²) in [5.74, 6) is 0. The number of rotatable bonds is 6. The van der Waals surface area contributed by atoms with Crippen molar-refractivity contribution in [2.45, 2.75) is 25.7 Å². The Balaban J connectivity index is 1.96. The van der Waals surface area contributed by atoms with Gasteiger partial charge in [-0.3, -0.25) is 0 Å². The highest BCUT2D eigenvalue weighted by Crippen LogP contribution is 2.37.